The molecule has 0 unspecified atom stereocenters. The van der Waals surface area contributed by atoms with Crippen LogP contribution in [0.4, 0.5) is 0 Å². The van der Waals surface area contributed by atoms with Gasteiger partial charge in [0.05, 0.1) is 5.69 Å². The molecule has 1 heterocycles. The van der Waals surface area contributed by atoms with Gasteiger partial charge in [-0.05, 0) is 54.3 Å². The number of aromatic nitrogens is 4. The lowest BCUT2D eigenvalue weighted by molar-refractivity contribution is -0.123. The number of aryl methyl sites for hydroxylation is 1. The molecule has 128 valence electrons. The number of benzene rings is 1. The molecule has 0 spiro atoms. The molecular weight excluding hydrogens is 302 g/mol. The lowest BCUT2D eigenvalue weighted by Gasteiger charge is -2.36. The van der Waals surface area contributed by atoms with Crippen LogP contribution in [0.15, 0.2) is 18.2 Å². The molecule has 0 atom stereocenters. The van der Waals surface area contributed by atoms with Crippen molar-refractivity contribution in [1.82, 2.24) is 25.5 Å². The number of carbonyl (C=O) groups is 1. The summed E-state index contributed by atoms with van der Waals surface area (Å²) in [5.74, 6) is 0.796. The zero-order valence-corrected chi connectivity index (χ0v) is 14.7. The molecule has 1 amide bonds. The lowest BCUT2D eigenvalue weighted by atomic mass is 9.80. The third kappa shape index (κ3) is 2.92. The fourth-order valence-electron chi connectivity index (χ4n) is 3.53. The molecule has 6 nitrogen and oxygen atoms in total. The van der Waals surface area contributed by atoms with E-state index in [0.717, 1.165) is 42.8 Å². The van der Waals surface area contributed by atoms with E-state index in [-0.39, 0.29) is 5.91 Å². The topological polar surface area (TPSA) is 72.7 Å². The standard InChI is InChI=1S/C18H25N5O/c1-4-16(24)19-18(11-6-5-7-12-18)17-20-21-22-23(17)15-10-8-9-13(2)14(15)3/h8-10H,4-7,11-12H2,1-3H3,(H,19,24). The Bertz CT molecular complexity index is 731. The minimum Gasteiger partial charge on any atom is -0.343 e. The molecule has 0 radical (unpaired) electrons. The van der Waals surface area contributed by atoms with Gasteiger partial charge >= 0.3 is 0 Å². The molecule has 24 heavy (non-hydrogen) atoms. The van der Waals surface area contributed by atoms with E-state index in [1.165, 1.54) is 12.0 Å². The summed E-state index contributed by atoms with van der Waals surface area (Å²) < 4.78 is 1.81. The Kier molecular flexibility index (Phi) is 4.64. The lowest BCUT2D eigenvalue weighted by Crippen LogP contribution is -2.48. The highest BCUT2D eigenvalue weighted by molar-refractivity contribution is 5.76. The highest BCUT2D eigenvalue weighted by Gasteiger charge is 2.40. The van der Waals surface area contributed by atoms with Crippen LogP contribution in [-0.4, -0.2) is 26.1 Å². The van der Waals surface area contributed by atoms with Crippen molar-refractivity contribution < 1.29 is 4.79 Å². The Hall–Kier alpha value is -2.24. The first-order chi connectivity index (χ1) is 11.6. The van der Waals surface area contributed by atoms with Gasteiger partial charge in [-0.25, -0.2) is 0 Å². The number of hydrogen-bond donors (Lipinski definition) is 1. The molecule has 0 bridgehead atoms. The van der Waals surface area contributed by atoms with Crippen LogP contribution >= 0.6 is 0 Å². The number of tetrazole rings is 1. The summed E-state index contributed by atoms with van der Waals surface area (Å²) in [5.41, 5.74) is 2.86. The van der Waals surface area contributed by atoms with Crippen molar-refractivity contribution in [3.63, 3.8) is 0 Å². The fraction of sp³-hybridized carbons (Fsp3) is 0.556. The molecule has 0 saturated heterocycles. The van der Waals surface area contributed by atoms with Crippen LogP contribution in [0, 0.1) is 13.8 Å². The quantitative estimate of drug-likeness (QED) is 0.937. The number of amides is 1. The van der Waals surface area contributed by atoms with E-state index in [0.29, 0.717) is 6.42 Å². The van der Waals surface area contributed by atoms with E-state index >= 15 is 0 Å². The SMILES string of the molecule is CCC(=O)NC1(c2nnnn2-c2cccc(C)c2C)CCCCC1. The van der Waals surface area contributed by atoms with Crippen molar-refractivity contribution in [3.8, 4) is 5.69 Å². The second-order valence-electron chi connectivity index (χ2n) is 6.68. The van der Waals surface area contributed by atoms with Crippen molar-refractivity contribution >= 4 is 5.91 Å². The van der Waals surface area contributed by atoms with E-state index < -0.39 is 5.54 Å². The molecule has 2 aromatic rings. The van der Waals surface area contributed by atoms with Gasteiger partial charge in [0, 0.05) is 6.42 Å². The molecule has 3 rings (SSSR count). The summed E-state index contributed by atoms with van der Waals surface area (Å²) in [6.07, 6.45) is 5.56. The predicted octanol–water partition coefficient (Wildman–Crippen LogP) is 2.96. The molecule has 6 heteroatoms. The summed E-state index contributed by atoms with van der Waals surface area (Å²) in [6, 6.07) is 6.12. The van der Waals surface area contributed by atoms with Gasteiger partial charge < -0.3 is 5.32 Å². The second-order valence-corrected chi connectivity index (χ2v) is 6.68. The number of carbonyl (C=O) groups excluding carboxylic acids is 1. The Morgan fingerprint density at radius 1 is 1.25 bits per heavy atom. The summed E-state index contributed by atoms with van der Waals surface area (Å²) in [5, 5.41) is 15.7. The zero-order chi connectivity index (χ0) is 17.2. The van der Waals surface area contributed by atoms with Crippen molar-refractivity contribution in [2.24, 2.45) is 0 Å². The number of nitrogens with one attached hydrogen (secondary N) is 1. The highest BCUT2D eigenvalue weighted by atomic mass is 16.1. The summed E-state index contributed by atoms with van der Waals surface area (Å²) >= 11 is 0. The van der Waals surface area contributed by atoms with Gasteiger partial charge in [0.1, 0.15) is 5.54 Å². The van der Waals surface area contributed by atoms with Crippen LogP contribution < -0.4 is 5.32 Å². The van der Waals surface area contributed by atoms with Crippen molar-refractivity contribution in [2.45, 2.75) is 64.8 Å². The van der Waals surface area contributed by atoms with Crippen LogP contribution in [0.2, 0.25) is 0 Å². The first-order valence-electron chi connectivity index (χ1n) is 8.74. The smallest absolute Gasteiger partial charge is 0.220 e. The van der Waals surface area contributed by atoms with Crippen molar-refractivity contribution in [2.75, 3.05) is 0 Å². The van der Waals surface area contributed by atoms with Crippen LogP contribution in [0.1, 0.15) is 62.4 Å². The van der Waals surface area contributed by atoms with E-state index in [4.69, 9.17) is 0 Å². The molecular formula is C18H25N5O. The molecule has 1 aromatic heterocycles. The fourth-order valence-corrected chi connectivity index (χ4v) is 3.53. The largest absolute Gasteiger partial charge is 0.343 e. The van der Waals surface area contributed by atoms with E-state index in [2.05, 4.69) is 40.8 Å². The van der Waals surface area contributed by atoms with Gasteiger partial charge in [0.2, 0.25) is 5.91 Å². The molecule has 1 N–H and O–H groups in total. The van der Waals surface area contributed by atoms with Gasteiger partial charge in [-0.2, -0.15) is 4.68 Å². The average Bonchev–Trinajstić information content (AvgIpc) is 3.08. The van der Waals surface area contributed by atoms with E-state index in [1.54, 1.807) is 0 Å². The summed E-state index contributed by atoms with van der Waals surface area (Å²) in [4.78, 5) is 12.2. The highest BCUT2D eigenvalue weighted by Crippen LogP contribution is 2.37. The third-order valence-corrected chi connectivity index (χ3v) is 5.11. The number of rotatable bonds is 4. The predicted molar refractivity (Wildman–Crippen MR) is 91.8 cm³/mol. The first kappa shape index (κ1) is 16.6. The monoisotopic (exact) mass is 327 g/mol. The van der Waals surface area contributed by atoms with Gasteiger partial charge in [-0.3, -0.25) is 4.79 Å². The van der Waals surface area contributed by atoms with Crippen LogP contribution in [0.5, 0.6) is 0 Å². The molecule has 0 aliphatic heterocycles. The number of nitrogens with zero attached hydrogens (tertiary/aromatic N) is 4. The molecule has 1 aromatic carbocycles. The maximum atomic E-state index is 12.2. The molecule has 1 saturated carbocycles. The Morgan fingerprint density at radius 2 is 2.00 bits per heavy atom. The van der Waals surface area contributed by atoms with E-state index in [9.17, 15) is 4.79 Å². The average molecular weight is 327 g/mol. The summed E-state index contributed by atoms with van der Waals surface area (Å²) in [6.45, 7) is 6.03. The Balaban J connectivity index is 2.09. The number of hydrogen-bond acceptors (Lipinski definition) is 4. The van der Waals surface area contributed by atoms with Gasteiger partial charge in [0.25, 0.3) is 0 Å². The molecule has 1 fully saturated rings. The normalized spacial score (nSPS) is 16.8. The Labute approximate surface area is 142 Å². The van der Waals surface area contributed by atoms with Gasteiger partial charge in [-0.15, -0.1) is 5.10 Å². The second kappa shape index (κ2) is 6.71. The maximum absolute atomic E-state index is 12.2. The maximum Gasteiger partial charge on any atom is 0.220 e. The van der Waals surface area contributed by atoms with Crippen LogP contribution in [0.25, 0.3) is 5.69 Å². The zero-order valence-electron chi connectivity index (χ0n) is 14.7. The molecule has 1 aliphatic rings. The summed E-state index contributed by atoms with van der Waals surface area (Å²) in [7, 11) is 0. The van der Waals surface area contributed by atoms with E-state index in [1.807, 2.05) is 23.7 Å². The van der Waals surface area contributed by atoms with Crippen molar-refractivity contribution in [3.05, 3.63) is 35.2 Å². The van der Waals surface area contributed by atoms with Gasteiger partial charge in [0.15, 0.2) is 5.82 Å². The Morgan fingerprint density at radius 3 is 2.71 bits per heavy atom. The van der Waals surface area contributed by atoms with Crippen LogP contribution in [-0.2, 0) is 10.3 Å². The minimum atomic E-state index is -0.467. The van der Waals surface area contributed by atoms with Crippen molar-refractivity contribution in [1.29, 1.82) is 0 Å². The third-order valence-electron chi connectivity index (χ3n) is 5.11. The minimum absolute atomic E-state index is 0.0485. The van der Waals surface area contributed by atoms with Gasteiger partial charge in [-0.1, -0.05) is 38.3 Å². The van der Waals surface area contributed by atoms with Crippen LogP contribution in [0.3, 0.4) is 0 Å². The first-order valence-corrected chi connectivity index (χ1v) is 8.74. The molecule has 1 aliphatic carbocycles.